The minimum absolute atomic E-state index is 1.09. The molecule has 0 heteroatoms. The van der Waals surface area contributed by atoms with Gasteiger partial charge in [-0.1, -0.05) is 67.6 Å². The minimum atomic E-state index is 1.09. The van der Waals surface area contributed by atoms with Crippen LogP contribution in [-0.2, 0) is 0 Å². The van der Waals surface area contributed by atoms with Crippen LogP contribution in [0.25, 0.3) is 16.8 Å². The second-order valence-electron chi connectivity index (χ2n) is 3.80. The van der Waals surface area contributed by atoms with E-state index in [2.05, 4.69) is 73.7 Å². The SMILES string of the molecule is CCC=CC=Cc1ccc2ccccc2c1. The van der Waals surface area contributed by atoms with Crippen LogP contribution in [0.5, 0.6) is 0 Å². The van der Waals surface area contributed by atoms with Gasteiger partial charge in [0.1, 0.15) is 0 Å². The molecule has 0 unspecified atom stereocenters. The van der Waals surface area contributed by atoms with Gasteiger partial charge in [-0.3, -0.25) is 0 Å². The molecule has 0 N–H and O–H groups in total. The van der Waals surface area contributed by atoms with E-state index in [1.54, 1.807) is 0 Å². The van der Waals surface area contributed by atoms with Gasteiger partial charge in [-0.2, -0.15) is 0 Å². The highest BCUT2D eigenvalue weighted by Gasteiger charge is 1.91. The molecular weight excluding hydrogens is 192 g/mol. The molecule has 2 aromatic carbocycles. The van der Waals surface area contributed by atoms with Gasteiger partial charge in [0.05, 0.1) is 0 Å². The van der Waals surface area contributed by atoms with Crippen LogP contribution in [0.15, 0.2) is 60.7 Å². The van der Waals surface area contributed by atoms with Gasteiger partial charge in [0.15, 0.2) is 0 Å². The molecule has 0 aliphatic rings. The molecule has 16 heavy (non-hydrogen) atoms. The van der Waals surface area contributed by atoms with Crippen LogP contribution in [0.3, 0.4) is 0 Å². The topological polar surface area (TPSA) is 0 Å². The van der Waals surface area contributed by atoms with Crippen molar-refractivity contribution in [3.8, 4) is 0 Å². The van der Waals surface area contributed by atoms with Crippen LogP contribution in [0, 0.1) is 0 Å². The Morgan fingerprint density at radius 1 is 0.938 bits per heavy atom. The lowest BCUT2D eigenvalue weighted by molar-refractivity contribution is 1.22. The molecule has 0 amide bonds. The van der Waals surface area contributed by atoms with Crippen molar-refractivity contribution in [2.75, 3.05) is 0 Å². The first kappa shape index (κ1) is 10.7. The van der Waals surface area contributed by atoms with Crippen LogP contribution < -0.4 is 0 Å². The first-order valence-corrected chi connectivity index (χ1v) is 5.72. The smallest absolute Gasteiger partial charge is 0.0178 e. The first-order valence-electron chi connectivity index (χ1n) is 5.72. The molecule has 0 saturated heterocycles. The summed E-state index contributed by atoms with van der Waals surface area (Å²) in [5, 5.41) is 2.59. The monoisotopic (exact) mass is 208 g/mol. The number of fused-ring (bicyclic) bond motifs is 1. The highest BCUT2D eigenvalue weighted by Crippen LogP contribution is 2.16. The summed E-state index contributed by atoms with van der Waals surface area (Å²) in [6, 6.07) is 15.0. The van der Waals surface area contributed by atoms with Crippen molar-refractivity contribution in [2.45, 2.75) is 13.3 Å². The van der Waals surface area contributed by atoms with Crippen molar-refractivity contribution in [1.82, 2.24) is 0 Å². The molecule has 0 nitrogen and oxygen atoms in total. The van der Waals surface area contributed by atoms with Crippen LogP contribution in [0.2, 0.25) is 0 Å². The van der Waals surface area contributed by atoms with Gasteiger partial charge in [-0.05, 0) is 28.8 Å². The summed E-state index contributed by atoms with van der Waals surface area (Å²) in [6.07, 6.45) is 9.56. The fourth-order valence-corrected chi connectivity index (χ4v) is 1.69. The minimum Gasteiger partial charge on any atom is -0.0848 e. The number of hydrogen-bond donors (Lipinski definition) is 0. The summed E-state index contributed by atoms with van der Waals surface area (Å²) >= 11 is 0. The molecule has 0 spiro atoms. The molecule has 0 saturated carbocycles. The largest absolute Gasteiger partial charge is 0.0848 e. The predicted octanol–water partition coefficient (Wildman–Crippen LogP) is 4.82. The summed E-state index contributed by atoms with van der Waals surface area (Å²) in [6.45, 7) is 2.14. The molecule has 0 aliphatic heterocycles. The Bertz CT molecular complexity index is 518. The van der Waals surface area contributed by atoms with E-state index in [1.165, 1.54) is 16.3 Å². The van der Waals surface area contributed by atoms with Gasteiger partial charge >= 0.3 is 0 Å². The van der Waals surface area contributed by atoms with E-state index in [9.17, 15) is 0 Å². The van der Waals surface area contributed by atoms with E-state index < -0.39 is 0 Å². The van der Waals surface area contributed by atoms with Crippen molar-refractivity contribution in [3.05, 3.63) is 66.3 Å². The van der Waals surface area contributed by atoms with Crippen LogP contribution >= 0.6 is 0 Å². The van der Waals surface area contributed by atoms with E-state index in [1.807, 2.05) is 0 Å². The van der Waals surface area contributed by atoms with E-state index >= 15 is 0 Å². The summed E-state index contributed by atoms with van der Waals surface area (Å²) in [4.78, 5) is 0. The summed E-state index contributed by atoms with van der Waals surface area (Å²) < 4.78 is 0. The maximum absolute atomic E-state index is 2.21. The predicted molar refractivity (Wildman–Crippen MR) is 72.4 cm³/mol. The normalized spacial score (nSPS) is 11.8. The Morgan fingerprint density at radius 2 is 1.75 bits per heavy atom. The van der Waals surface area contributed by atoms with Crippen LogP contribution in [0.4, 0.5) is 0 Å². The fraction of sp³-hybridized carbons (Fsp3) is 0.125. The molecule has 2 aromatic rings. The zero-order chi connectivity index (χ0) is 11.2. The zero-order valence-corrected chi connectivity index (χ0v) is 9.56. The van der Waals surface area contributed by atoms with Crippen molar-refractivity contribution >= 4 is 16.8 Å². The summed E-state index contributed by atoms with van der Waals surface area (Å²) in [5.41, 5.74) is 1.25. The number of hydrogen-bond acceptors (Lipinski definition) is 0. The lowest BCUT2D eigenvalue weighted by Crippen LogP contribution is -1.74. The number of benzene rings is 2. The molecule has 0 bridgehead atoms. The van der Waals surface area contributed by atoms with Crippen molar-refractivity contribution in [1.29, 1.82) is 0 Å². The van der Waals surface area contributed by atoms with Crippen molar-refractivity contribution < 1.29 is 0 Å². The van der Waals surface area contributed by atoms with E-state index in [0.29, 0.717) is 0 Å². The second-order valence-corrected chi connectivity index (χ2v) is 3.80. The van der Waals surface area contributed by atoms with Gasteiger partial charge < -0.3 is 0 Å². The number of allylic oxidation sites excluding steroid dienone is 3. The molecule has 0 heterocycles. The van der Waals surface area contributed by atoms with Crippen molar-refractivity contribution in [2.24, 2.45) is 0 Å². The fourth-order valence-electron chi connectivity index (χ4n) is 1.69. The molecule has 0 aromatic heterocycles. The Balaban J connectivity index is 2.26. The molecule has 0 radical (unpaired) electrons. The van der Waals surface area contributed by atoms with E-state index in [-0.39, 0.29) is 0 Å². The van der Waals surface area contributed by atoms with Crippen LogP contribution in [0.1, 0.15) is 18.9 Å². The lowest BCUT2D eigenvalue weighted by atomic mass is 10.1. The number of rotatable bonds is 3. The van der Waals surface area contributed by atoms with Gasteiger partial charge in [0.2, 0.25) is 0 Å². The van der Waals surface area contributed by atoms with Gasteiger partial charge in [-0.25, -0.2) is 0 Å². The quantitative estimate of drug-likeness (QED) is 0.634. The van der Waals surface area contributed by atoms with E-state index in [4.69, 9.17) is 0 Å². The average molecular weight is 208 g/mol. The van der Waals surface area contributed by atoms with Crippen LogP contribution in [-0.4, -0.2) is 0 Å². The summed E-state index contributed by atoms with van der Waals surface area (Å²) in [7, 11) is 0. The highest BCUT2D eigenvalue weighted by molar-refractivity contribution is 5.84. The van der Waals surface area contributed by atoms with Crippen molar-refractivity contribution in [3.63, 3.8) is 0 Å². The first-order chi connectivity index (χ1) is 7.90. The molecule has 0 atom stereocenters. The zero-order valence-electron chi connectivity index (χ0n) is 9.56. The molecule has 0 fully saturated rings. The Labute approximate surface area is 96.9 Å². The third-order valence-electron chi connectivity index (χ3n) is 2.55. The maximum atomic E-state index is 2.21. The standard InChI is InChI=1S/C16H16/c1-2-3-4-5-8-14-11-12-15-9-6-7-10-16(15)13-14/h3-13H,2H2,1H3. The average Bonchev–Trinajstić information content (AvgIpc) is 2.34. The molecular formula is C16H16. The van der Waals surface area contributed by atoms with Gasteiger partial charge in [0, 0.05) is 0 Å². The lowest BCUT2D eigenvalue weighted by Gasteiger charge is -1.98. The van der Waals surface area contributed by atoms with Gasteiger partial charge in [0.25, 0.3) is 0 Å². The molecule has 2 rings (SSSR count). The molecule has 0 aliphatic carbocycles. The summed E-state index contributed by atoms with van der Waals surface area (Å²) in [5.74, 6) is 0. The second kappa shape index (κ2) is 5.32. The Morgan fingerprint density at radius 3 is 2.56 bits per heavy atom. The highest BCUT2D eigenvalue weighted by atomic mass is 14.0. The Kier molecular flexibility index (Phi) is 3.55. The maximum Gasteiger partial charge on any atom is -0.0178 e. The third kappa shape index (κ3) is 2.60. The van der Waals surface area contributed by atoms with Gasteiger partial charge in [-0.15, -0.1) is 0 Å². The Hall–Kier alpha value is -1.82. The van der Waals surface area contributed by atoms with E-state index in [0.717, 1.165) is 6.42 Å². The third-order valence-corrected chi connectivity index (χ3v) is 2.55. The molecule has 80 valence electrons.